The molecule has 0 fully saturated rings. The van der Waals surface area contributed by atoms with Crippen LogP contribution in [0.5, 0.6) is 0 Å². The number of rotatable bonds is 4. The van der Waals surface area contributed by atoms with Crippen molar-refractivity contribution in [1.29, 1.82) is 0 Å². The van der Waals surface area contributed by atoms with Gasteiger partial charge >= 0.3 is 0 Å². The summed E-state index contributed by atoms with van der Waals surface area (Å²) in [6, 6.07) is 4.73. The maximum Gasteiger partial charge on any atom is 0.141 e. The first kappa shape index (κ1) is 12.1. The Morgan fingerprint density at radius 2 is 2.24 bits per heavy atom. The summed E-state index contributed by atoms with van der Waals surface area (Å²) >= 11 is 5.70. The molecular formula is C12H13ClFN3. The lowest BCUT2D eigenvalue weighted by Gasteiger charge is -2.05. The Labute approximate surface area is 104 Å². The fourth-order valence-corrected chi connectivity index (χ4v) is 1.75. The second-order valence-corrected chi connectivity index (χ2v) is 4.28. The molecule has 2 aromatic rings. The number of halogens is 2. The molecule has 90 valence electrons. The van der Waals surface area contributed by atoms with Crippen LogP contribution in [-0.4, -0.2) is 10.2 Å². The molecule has 2 rings (SSSR count). The maximum atomic E-state index is 12.9. The van der Waals surface area contributed by atoms with Crippen molar-refractivity contribution in [1.82, 2.24) is 15.5 Å². The van der Waals surface area contributed by atoms with E-state index in [0.29, 0.717) is 6.54 Å². The molecule has 5 heteroatoms. The summed E-state index contributed by atoms with van der Waals surface area (Å²) in [6.45, 7) is 3.33. The van der Waals surface area contributed by atoms with Crippen LogP contribution in [0.1, 0.15) is 16.8 Å². The Morgan fingerprint density at radius 3 is 2.88 bits per heavy atom. The number of aromatic nitrogens is 2. The molecule has 0 radical (unpaired) electrons. The maximum absolute atomic E-state index is 12.9. The normalized spacial score (nSPS) is 10.8. The van der Waals surface area contributed by atoms with Crippen molar-refractivity contribution in [3.05, 3.63) is 52.1 Å². The number of nitrogens with one attached hydrogen (secondary N) is 2. The van der Waals surface area contributed by atoms with E-state index in [4.69, 9.17) is 11.6 Å². The van der Waals surface area contributed by atoms with Crippen molar-refractivity contribution < 1.29 is 4.39 Å². The number of H-pyrrole nitrogens is 1. The van der Waals surface area contributed by atoms with Gasteiger partial charge in [-0.2, -0.15) is 5.10 Å². The second kappa shape index (κ2) is 5.29. The molecule has 0 spiro atoms. The Balaban J connectivity index is 1.90. The molecule has 0 aliphatic carbocycles. The van der Waals surface area contributed by atoms with E-state index in [2.05, 4.69) is 15.5 Å². The van der Waals surface area contributed by atoms with Crippen LogP contribution in [0.3, 0.4) is 0 Å². The van der Waals surface area contributed by atoms with E-state index in [-0.39, 0.29) is 10.8 Å². The van der Waals surface area contributed by atoms with Gasteiger partial charge in [0.2, 0.25) is 0 Å². The summed E-state index contributed by atoms with van der Waals surface area (Å²) in [4.78, 5) is 0. The van der Waals surface area contributed by atoms with Crippen LogP contribution in [0, 0.1) is 12.7 Å². The molecule has 0 atom stereocenters. The van der Waals surface area contributed by atoms with Crippen LogP contribution in [0.15, 0.2) is 24.4 Å². The quantitative estimate of drug-likeness (QED) is 0.880. The van der Waals surface area contributed by atoms with Gasteiger partial charge in [-0.05, 0) is 24.6 Å². The van der Waals surface area contributed by atoms with Gasteiger partial charge in [0.15, 0.2) is 0 Å². The van der Waals surface area contributed by atoms with Crippen LogP contribution < -0.4 is 5.32 Å². The van der Waals surface area contributed by atoms with Crippen molar-refractivity contribution in [2.45, 2.75) is 20.0 Å². The highest BCUT2D eigenvalue weighted by Gasteiger charge is 2.02. The number of aromatic amines is 1. The Kier molecular flexibility index (Phi) is 3.76. The average molecular weight is 254 g/mol. The van der Waals surface area contributed by atoms with Gasteiger partial charge < -0.3 is 5.32 Å². The summed E-state index contributed by atoms with van der Waals surface area (Å²) in [5, 5.41) is 10.2. The smallest absolute Gasteiger partial charge is 0.141 e. The highest BCUT2D eigenvalue weighted by atomic mass is 35.5. The molecule has 1 heterocycles. The standard InChI is InChI=1S/C12H13ClFN3/c1-8-10(7-16-17-8)6-15-5-9-2-3-12(14)11(13)4-9/h2-4,7,15H,5-6H2,1H3,(H,16,17). The minimum atomic E-state index is -0.388. The SMILES string of the molecule is Cc1[nH]ncc1CNCc1ccc(F)c(Cl)c1. The highest BCUT2D eigenvalue weighted by Crippen LogP contribution is 2.15. The summed E-state index contributed by atoms with van der Waals surface area (Å²) in [7, 11) is 0. The summed E-state index contributed by atoms with van der Waals surface area (Å²) < 4.78 is 12.9. The third kappa shape index (κ3) is 3.05. The average Bonchev–Trinajstić information content (AvgIpc) is 2.70. The summed E-state index contributed by atoms with van der Waals surface area (Å²) in [6.07, 6.45) is 1.79. The molecule has 0 aliphatic rings. The van der Waals surface area contributed by atoms with E-state index in [1.54, 1.807) is 18.3 Å². The molecule has 17 heavy (non-hydrogen) atoms. The van der Waals surface area contributed by atoms with Gasteiger partial charge in [0.25, 0.3) is 0 Å². The van der Waals surface area contributed by atoms with Gasteiger partial charge in [-0.25, -0.2) is 4.39 Å². The molecule has 0 unspecified atom stereocenters. The first-order valence-electron chi connectivity index (χ1n) is 5.30. The van der Waals surface area contributed by atoms with Gasteiger partial charge in [-0.1, -0.05) is 17.7 Å². The van der Waals surface area contributed by atoms with Crippen molar-refractivity contribution in [2.24, 2.45) is 0 Å². The van der Waals surface area contributed by atoms with Crippen LogP contribution in [-0.2, 0) is 13.1 Å². The van der Waals surface area contributed by atoms with Crippen LogP contribution in [0.2, 0.25) is 5.02 Å². The lowest BCUT2D eigenvalue weighted by atomic mass is 10.2. The van der Waals surface area contributed by atoms with Gasteiger partial charge in [0.1, 0.15) is 5.82 Å². The lowest BCUT2D eigenvalue weighted by molar-refractivity contribution is 0.625. The van der Waals surface area contributed by atoms with E-state index in [1.165, 1.54) is 6.07 Å². The zero-order valence-corrected chi connectivity index (χ0v) is 10.2. The molecular weight excluding hydrogens is 241 g/mol. The third-order valence-corrected chi connectivity index (χ3v) is 2.85. The van der Waals surface area contributed by atoms with Crippen molar-refractivity contribution in [2.75, 3.05) is 0 Å². The van der Waals surface area contributed by atoms with Crippen LogP contribution in [0.4, 0.5) is 4.39 Å². The van der Waals surface area contributed by atoms with Gasteiger partial charge in [0, 0.05) is 24.3 Å². The molecule has 0 saturated heterocycles. The van der Waals surface area contributed by atoms with E-state index >= 15 is 0 Å². The minimum Gasteiger partial charge on any atom is -0.308 e. The van der Waals surface area contributed by atoms with Gasteiger partial charge in [-0.15, -0.1) is 0 Å². The zero-order valence-electron chi connectivity index (χ0n) is 9.43. The van der Waals surface area contributed by atoms with Gasteiger partial charge in [-0.3, -0.25) is 5.10 Å². The van der Waals surface area contributed by atoms with E-state index in [1.807, 2.05) is 6.92 Å². The molecule has 3 nitrogen and oxygen atoms in total. The minimum absolute atomic E-state index is 0.156. The third-order valence-electron chi connectivity index (χ3n) is 2.56. The molecule has 1 aromatic heterocycles. The van der Waals surface area contributed by atoms with Crippen LogP contribution in [0.25, 0.3) is 0 Å². The first-order valence-corrected chi connectivity index (χ1v) is 5.68. The number of benzene rings is 1. The van der Waals surface area contributed by atoms with Gasteiger partial charge in [0.05, 0.1) is 11.2 Å². The zero-order chi connectivity index (χ0) is 12.3. The Hall–Kier alpha value is -1.39. The number of hydrogen-bond donors (Lipinski definition) is 2. The van der Waals surface area contributed by atoms with Crippen LogP contribution >= 0.6 is 11.6 Å². The highest BCUT2D eigenvalue weighted by molar-refractivity contribution is 6.30. The van der Waals surface area contributed by atoms with E-state index in [0.717, 1.165) is 23.4 Å². The fraction of sp³-hybridized carbons (Fsp3) is 0.250. The Morgan fingerprint density at radius 1 is 1.41 bits per heavy atom. The van der Waals surface area contributed by atoms with Crippen molar-refractivity contribution in [3.8, 4) is 0 Å². The van der Waals surface area contributed by atoms with E-state index in [9.17, 15) is 4.39 Å². The van der Waals surface area contributed by atoms with E-state index < -0.39 is 0 Å². The van der Waals surface area contributed by atoms with Crippen molar-refractivity contribution >= 4 is 11.6 Å². The fourth-order valence-electron chi connectivity index (χ4n) is 1.54. The monoisotopic (exact) mass is 253 g/mol. The molecule has 0 saturated carbocycles. The van der Waals surface area contributed by atoms with Crippen molar-refractivity contribution in [3.63, 3.8) is 0 Å². The molecule has 1 aromatic carbocycles. The number of nitrogens with zero attached hydrogens (tertiary/aromatic N) is 1. The summed E-state index contributed by atoms with van der Waals surface area (Å²) in [5.74, 6) is -0.388. The number of hydrogen-bond acceptors (Lipinski definition) is 2. The second-order valence-electron chi connectivity index (χ2n) is 3.87. The Bertz CT molecular complexity index is 510. The molecule has 0 aliphatic heterocycles. The predicted octanol–water partition coefficient (Wildman–Crippen LogP) is 2.80. The predicted molar refractivity (Wildman–Crippen MR) is 65.3 cm³/mol. The topological polar surface area (TPSA) is 40.7 Å². The number of aryl methyl sites for hydroxylation is 1. The first-order chi connectivity index (χ1) is 8.16. The summed E-state index contributed by atoms with van der Waals surface area (Å²) in [5.41, 5.74) is 3.13. The lowest BCUT2D eigenvalue weighted by Crippen LogP contribution is -2.12. The molecule has 2 N–H and O–H groups in total. The molecule has 0 amide bonds. The largest absolute Gasteiger partial charge is 0.308 e. The molecule has 0 bridgehead atoms.